The van der Waals surface area contributed by atoms with Gasteiger partial charge < -0.3 is 14.9 Å². The molecule has 0 aliphatic carbocycles. The Morgan fingerprint density at radius 3 is 2.24 bits per heavy atom. The van der Waals surface area contributed by atoms with Crippen molar-refractivity contribution in [1.82, 2.24) is 0 Å². The molecule has 0 aromatic heterocycles. The molecule has 5 heteroatoms. The molecule has 0 saturated heterocycles. The van der Waals surface area contributed by atoms with Crippen molar-refractivity contribution in [2.24, 2.45) is 0 Å². The van der Waals surface area contributed by atoms with Crippen molar-refractivity contribution >= 4 is 17.6 Å². The summed E-state index contributed by atoms with van der Waals surface area (Å²) in [6.45, 7) is 1.51. The molecule has 0 aliphatic heterocycles. The highest BCUT2D eigenvalue weighted by atomic mass is 35.5. The third-order valence-electron chi connectivity index (χ3n) is 3.09. The Hall–Kier alpha value is -2.20. The number of rotatable bonds is 5. The summed E-state index contributed by atoms with van der Waals surface area (Å²) in [5, 5.41) is 19.3. The Bertz CT molecular complexity index is 572. The Morgan fingerprint density at radius 2 is 1.71 bits per heavy atom. The minimum Gasteiger partial charge on any atom is -0.508 e. The highest BCUT2D eigenvalue weighted by Gasteiger charge is 2.36. The summed E-state index contributed by atoms with van der Waals surface area (Å²) < 4.78 is 5.63. The van der Waals surface area contributed by atoms with Crippen LogP contribution in [-0.4, -0.2) is 21.8 Å². The number of phenolic OH excluding ortho intramolecular Hbond substituents is 1. The molecule has 2 aromatic carbocycles. The van der Waals surface area contributed by atoms with Crippen LogP contribution < -0.4 is 4.74 Å². The van der Waals surface area contributed by atoms with Gasteiger partial charge in [-0.1, -0.05) is 23.7 Å². The van der Waals surface area contributed by atoms with Crippen molar-refractivity contribution in [3.05, 3.63) is 59.1 Å². The van der Waals surface area contributed by atoms with Gasteiger partial charge >= 0.3 is 5.97 Å². The van der Waals surface area contributed by atoms with Gasteiger partial charge in [0.05, 0.1) is 0 Å². The first kappa shape index (κ1) is 15.2. The normalized spacial score (nSPS) is 13.4. The number of aromatic hydroxyl groups is 1. The molecular weight excluding hydrogens is 292 g/mol. The van der Waals surface area contributed by atoms with Gasteiger partial charge in [-0.3, -0.25) is 0 Å². The highest BCUT2D eigenvalue weighted by molar-refractivity contribution is 6.30. The number of halogens is 1. The summed E-state index contributed by atoms with van der Waals surface area (Å²) in [7, 11) is 0. The molecule has 0 aliphatic rings. The van der Waals surface area contributed by atoms with Gasteiger partial charge in [0, 0.05) is 11.4 Å². The number of carbonyl (C=O) groups is 1. The number of carboxylic acids is 1. The summed E-state index contributed by atoms with van der Waals surface area (Å²) in [5.74, 6) is -0.497. The number of carboxylic acid groups (broad SMARTS) is 1. The van der Waals surface area contributed by atoms with E-state index in [0.717, 1.165) is 5.56 Å². The fourth-order valence-electron chi connectivity index (χ4n) is 1.92. The molecule has 1 atom stereocenters. The molecule has 2 aromatic rings. The minimum atomic E-state index is -1.41. The number of hydrogen-bond donors (Lipinski definition) is 2. The minimum absolute atomic E-state index is 0.134. The summed E-state index contributed by atoms with van der Waals surface area (Å²) in [4.78, 5) is 11.6. The lowest BCUT2D eigenvalue weighted by Crippen LogP contribution is -2.43. The van der Waals surface area contributed by atoms with Crippen molar-refractivity contribution in [1.29, 1.82) is 0 Å². The molecular formula is C16H15ClO4. The van der Waals surface area contributed by atoms with Gasteiger partial charge in [0.25, 0.3) is 0 Å². The summed E-state index contributed by atoms with van der Waals surface area (Å²) >= 11 is 5.79. The van der Waals surface area contributed by atoms with E-state index in [1.165, 1.54) is 19.1 Å². The maximum Gasteiger partial charge on any atom is 0.348 e. The van der Waals surface area contributed by atoms with Crippen LogP contribution >= 0.6 is 11.6 Å². The van der Waals surface area contributed by atoms with Crippen molar-refractivity contribution in [2.75, 3.05) is 0 Å². The molecule has 0 amide bonds. The van der Waals surface area contributed by atoms with E-state index in [4.69, 9.17) is 16.3 Å². The van der Waals surface area contributed by atoms with E-state index >= 15 is 0 Å². The van der Waals surface area contributed by atoms with Gasteiger partial charge in [0.15, 0.2) is 0 Å². The topological polar surface area (TPSA) is 66.8 Å². The van der Waals surface area contributed by atoms with Crippen LogP contribution in [0.25, 0.3) is 0 Å². The first-order valence-corrected chi connectivity index (χ1v) is 6.73. The predicted octanol–water partition coefficient (Wildman–Crippen LogP) is 3.51. The molecule has 0 radical (unpaired) electrons. The van der Waals surface area contributed by atoms with Gasteiger partial charge in [0.1, 0.15) is 11.5 Å². The SMILES string of the molecule is CC(Cc1ccc(O)cc1)(Oc1ccc(Cl)cc1)C(=O)O. The highest BCUT2D eigenvalue weighted by Crippen LogP contribution is 2.25. The maximum atomic E-state index is 11.6. The lowest BCUT2D eigenvalue weighted by atomic mass is 9.96. The lowest BCUT2D eigenvalue weighted by molar-refractivity contribution is -0.153. The fourth-order valence-corrected chi connectivity index (χ4v) is 2.05. The molecule has 2 N–H and O–H groups in total. The van der Waals surface area contributed by atoms with Crippen molar-refractivity contribution in [2.45, 2.75) is 18.9 Å². The molecule has 1 unspecified atom stereocenters. The van der Waals surface area contributed by atoms with Crippen LogP contribution in [0.2, 0.25) is 5.02 Å². The second-order valence-corrected chi connectivity index (χ2v) is 5.37. The van der Waals surface area contributed by atoms with Gasteiger partial charge in [-0.05, 0) is 48.9 Å². The lowest BCUT2D eigenvalue weighted by Gasteiger charge is -2.26. The van der Waals surface area contributed by atoms with Gasteiger partial charge in [-0.25, -0.2) is 4.79 Å². The van der Waals surface area contributed by atoms with Crippen LogP contribution in [-0.2, 0) is 11.2 Å². The largest absolute Gasteiger partial charge is 0.508 e. The molecule has 0 saturated carbocycles. The molecule has 110 valence electrons. The molecule has 0 bridgehead atoms. The Morgan fingerprint density at radius 1 is 1.14 bits per heavy atom. The Kier molecular flexibility index (Phi) is 4.38. The van der Waals surface area contributed by atoms with E-state index < -0.39 is 11.6 Å². The Balaban J connectivity index is 2.21. The smallest absolute Gasteiger partial charge is 0.348 e. The van der Waals surface area contributed by atoms with Gasteiger partial charge in [0.2, 0.25) is 5.60 Å². The van der Waals surface area contributed by atoms with E-state index in [-0.39, 0.29) is 12.2 Å². The molecule has 4 nitrogen and oxygen atoms in total. The van der Waals surface area contributed by atoms with Crippen LogP contribution in [0, 0.1) is 0 Å². The average molecular weight is 307 g/mol. The van der Waals surface area contributed by atoms with E-state index in [1.807, 2.05) is 0 Å². The van der Waals surface area contributed by atoms with Gasteiger partial charge in [-0.2, -0.15) is 0 Å². The summed E-state index contributed by atoms with van der Waals surface area (Å²) in [6.07, 6.45) is 0.172. The quantitative estimate of drug-likeness (QED) is 0.887. The number of phenols is 1. The molecule has 0 spiro atoms. The van der Waals surface area contributed by atoms with E-state index in [2.05, 4.69) is 0 Å². The van der Waals surface area contributed by atoms with Crippen LogP contribution in [0.3, 0.4) is 0 Å². The fraction of sp³-hybridized carbons (Fsp3) is 0.188. The third-order valence-corrected chi connectivity index (χ3v) is 3.34. The van der Waals surface area contributed by atoms with Crippen LogP contribution in [0.4, 0.5) is 0 Å². The molecule has 0 fully saturated rings. The van der Waals surface area contributed by atoms with Crippen LogP contribution in [0.5, 0.6) is 11.5 Å². The van der Waals surface area contributed by atoms with Gasteiger partial charge in [-0.15, -0.1) is 0 Å². The number of hydrogen-bond acceptors (Lipinski definition) is 3. The predicted molar refractivity (Wildman–Crippen MR) is 79.9 cm³/mol. The van der Waals surface area contributed by atoms with Crippen molar-refractivity contribution in [3.63, 3.8) is 0 Å². The molecule has 2 rings (SSSR count). The molecule has 21 heavy (non-hydrogen) atoms. The standard InChI is InChI=1S/C16H15ClO4/c1-16(15(19)20,10-11-2-6-13(18)7-3-11)21-14-8-4-12(17)5-9-14/h2-9,18H,10H2,1H3,(H,19,20). The van der Waals surface area contributed by atoms with E-state index in [1.54, 1.807) is 36.4 Å². The second kappa shape index (κ2) is 6.06. The zero-order valence-corrected chi connectivity index (χ0v) is 12.2. The first-order valence-electron chi connectivity index (χ1n) is 6.35. The summed E-state index contributed by atoms with van der Waals surface area (Å²) in [5.41, 5.74) is -0.656. The van der Waals surface area contributed by atoms with Crippen molar-refractivity contribution in [3.8, 4) is 11.5 Å². The van der Waals surface area contributed by atoms with Crippen molar-refractivity contribution < 1.29 is 19.7 Å². The average Bonchev–Trinajstić information content (AvgIpc) is 2.44. The zero-order valence-electron chi connectivity index (χ0n) is 11.4. The first-order chi connectivity index (χ1) is 9.89. The third kappa shape index (κ3) is 3.89. The van der Waals surface area contributed by atoms with E-state index in [0.29, 0.717) is 10.8 Å². The monoisotopic (exact) mass is 306 g/mol. The number of ether oxygens (including phenoxy) is 1. The Labute approximate surface area is 127 Å². The second-order valence-electron chi connectivity index (χ2n) is 4.94. The summed E-state index contributed by atoms with van der Waals surface area (Å²) in [6, 6.07) is 12.9. The van der Waals surface area contributed by atoms with Crippen LogP contribution in [0.15, 0.2) is 48.5 Å². The number of aliphatic carboxylic acids is 1. The van der Waals surface area contributed by atoms with E-state index in [9.17, 15) is 15.0 Å². The number of benzene rings is 2. The zero-order chi connectivity index (χ0) is 15.5. The maximum absolute atomic E-state index is 11.6. The molecule has 0 heterocycles. The van der Waals surface area contributed by atoms with Crippen LogP contribution in [0.1, 0.15) is 12.5 Å².